The maximum Gasteiger partial charge on any atom is 0.254 e. The van der Waals surface area contributed by atoms with E-state index in [1.54, 1.807) is 30.3 Å². The van der Waals surface area contributed by atoms with E-state index in [1.807, 2.05) is 0 Å². The van der Waals surface area contributed by atoms with Gasteiger partial charge in [-0.1, -0.05) is 30.3 Å². The largest absolute Gasteiger partial charge is 0.385 e. The number of benzene rings is 1. The highest BCUT2D eigenvalue weighted by Gasteiger charge is 2.56. The maximum absolute atomic E-state index is 12.6. The molecule has 3 heteroatoms. The Labute approximate surface area is 75.0 Å². The molecule has 1 aliphatic carbocycles. The monoisotopic (exact) mass is 184 g/mol. The normalized spacial score (nSPS) is 23.6. The van der Waals surface area contributed by atoms with Crippen molar-refractivity contribution in [2.75, 3.05) is 0 Å². The molecule has 0 aromatic heterocycles. The van der Waals surface area contributed by atoms with Gasteiger partial charge in [0.25, 0.3) is 5.92 Å². The first kappa shape index (κ1) is 8.63. The second kappa shape index (κ2) is 2.51. The van der Waals surface area contributed by atoms with Crippen molar-refractivity contribution in [3.63, 3.8) is 0 Å². The van der Waals surface area contributed by atoms with E-state index < -0.39 is 24.4 Å². The summed E-state index contributed by atoms with van der Waals surface area (Å²) in [6.45, 7) is 0. The molecule has 1 saturated carbocycles. The number of hydrogen-bond donors (Lipinski definition) is 1. The first-order valence-electron chi connectivity index (χ1n) is 4.18. The van der Waals surface area contributed by atoms with Gasteiger partial charge in [-0.3, -0.25) is 0 Å². The summed E-state index contributed by atoms with van der Waals surface area (Å²) < 4.78 is 25.1. The summed E-state index contributed by atoms with van der Waals surface area (Å²) in [5.41, 5.74) is -0.717. The van der Waals surface area contributed by atoms with Gasteiger partial charge in [-0.2, -0.15) is 0 Å². The number of hydrogen-bond acceptors (Lipinski definition) is 1. The highest BCUT2D eigenvalue weighted by molar-refractivity contribution is 5.26. The smallest absolute Gasteiger partial charge is 0.254 e. The molecule has 2 rings (SSSR count). The van der Waals surface area contributed by atoms with Crippen molar-refractivity contribution >= 4 is 0 Å². The van der Waals surface area contributed by atoms with Gasteiger partial charge in [0, 0.05) is 12.8 Å². The van der Waals surface area contributed by atoms with Crippen molar-refractivity contribution in [3.8, 4) is 0 Å². The van der Waals surface area contributed by atoms with Gasteiger partial charge in [0.05, 0.1) is 0 Å². The molecule has 70 valence electrons. The minimum atomic E-state index is -2.69. The third kappa shape index (κ3) is 1.44. The molecule has 1 aromatic rings. The highest BCUT2D eigenvalue weighted by atomic mass is 19.3. The summed E-state index contributed by atoms with van der Waals surface area (Å²) in [7, 11) is 0. The second-order valence-electron chi connectivity index (χ2n) is 3.61. The summed E-state index contributed by atoms with van der Waals surface area (Å²) in [6, 6.07) is 8.63. The van der Waals surface area contributed by atoms with Crippen molar-refractivity contribution in [1.29, 1.82) is 0 Å². The van der Waals surface area contributed by atoms with Crippen molar-refractivity contribution in [1.82, 2.24) is 0 Å². The summed E-state index contributed by atoms with van der Waals surface area (Å²) in [4.78, 5) is 0. The Balaban J connectivity index is 2.21. The first-order valence-corrected chi connectivity index (χ1v) is 4.18. The summed E-state index contributed by atoms with van der Waals surface area (Å²) in [5.74, 6) is -2.69. The molecule has 0 atom stereocenters. The van der Waals surface area contributed by atoms with Crippen LogP contribution in [0.5, 0.6) is 0 Å². The molecule has 1 aromatic carbocycles. The third-order valence-corrected chi connectivity index (χ3v) is 2.41. The van der Waals surface area contributed by atoms with Crippen molar-refractivity contribution in [3.05, 3.63) is 35.9 Å². The van der Waals surface area contributed by atoms with E-state index >= 15 is 0 Å². The SMILES string of the molecule is OC1(c2ccccc2)CC(F)(F)C1. The van der Waals surface area contributed by atoms with E-state index in [4.69, 9.17) is 0 Å². The van der Waals surface area contributed by atoms with Crippen LogP contribution in [0.2, 0.25) is 0 Å². The fraction of sp³-hybridized carbons (Fsp3) is 0.400. The van der Waals surface area contributed by atoms with Crippen LogP contribution < -0.4 is 0 Å². The lowest BCUT2D eigenvalue weighted by atomic mass is 9.72. The van der Waals surface area contributed by atoms with Gasteiger partial charge >= 0.3 is 0 Å². The lowest BCUT2D eigenvalue weighted by Gasteiger charge is -2.43. The van der Waals surface area contributed by atoms with Crippen LogP contribution in [-0.2, 0) is 5.60 Å². The van der Waals surface area contributed by atoms with Crippen LogP contribution in [0.4, 0.5) is 8.78 Å². The fourth-order valence-electron chi connectivity index (χ4n) is 1.76. The van der Waals surface area contributed by atoms with E-state index in [0.29, 0.717) is 5.56 Å². The lowest BCUT2D eigenvalue weighted by Crippen LogP contribution is -2.49. The van der Waals surface area contributed by atoms with Crippen LogP contribution in [0.25, 0.3) is 0 Å². The first-order chi connectivity index (χ1) is 6.02. The molecule has 13 heavy (non-hydrogen) atoms. The zero-order chi connectivity index (χ0) is 9.53. The number of alkyl halides is 2. The van der Waals surface area contributed by atoms with Gasteiger partial charge in [-0.15, -0.1) is 0 Å². The minimum absolute atomic E-state index is 0.454. The van der Waals surface area contributed by atoms with Crippen LogP contribution in [0.3, 0.4) is 0 Å². The molecule has 0 heterocycles. The van der Waals surface area contributed by atoms with E-state index in [0.717, 1.165) is 0 Å². The number of halogens is 2. The molecule has 0 bridgehead atoms. The van der Waals surface area contributed by atoms with Gasteiger partial charge in [-0.05, 0) is 5.56 Å². The summed E-state index contributed by atoms with van der Waals surface area (Å²) in [5, 5.41) is 9.74. The molecule has 0 amide bonds. The van der Waals surface area contributed by atoms with E-state index in [2.05, 4.69) is 0 Å². The number of aliphatic hydroxyl groups is 1. The third-order valence-electron chi connectivity index (χ3n) is 2.41. The maximum atomic E-state index is 12.6. The average molecular weight is 184 g/mol. The second-order valence-corrected chi connectivity index (χ2v) is 3.61. The Morgan fingerprint density at radius 3 is 2.08 bits per heavy atom. The molecule has 0 radical (unpaired) electrons. The summed E-state index contributed by atoms with van der Waals surface area (Å²) in [6.07, 6.45) is -0.909. The molecule has 0 aliphatic heterocycles. The van der Waals surface area contributed by atoms with Gasteiger partial charge in [0.1, 0.15) is 5.60 Å². The topological polar surface area (TPSA) is 20.2 Å². The van der Waals surface area contributed by atoms with Crippen LogP contribution in [0, 0.1) is 0 Å². The minimum Gasteiger partial charge on any atom is -0.385 e. The molecule has 1 aliphatic rings. The Bertz CT molecular complexity index is 300. The van der Waals surface area contributed by atoms with E-state index in [-0.39, 0.29) is 0 Å². The van der Waals surface area contributed by atoms with E-state index in [1.165, 1.54) is 0 Å². The molecule has 1 nitrogen and oxygen atoms in total. The summed E-state index contributed by atoms with van der Waals surface area (Å²) >= 11 is 0. The average Bonchev–Trinajstić information content (AvgIpc) is 2.02. The Morgan fingerprint density at radius 1 is 1.08 bits per heavy atom. The lowest BCUT2D eigenvalue weighted by molar-refractivity contribution is -0.210. The van der Waals surface area contributed by atoms with Crippen LogP contribution in [0.15, 0.2) is 30.3 Å². The molecule has 0 saturated heterocycles. The van der Waals surface area contributed by atoms with Gasteiger partial charge in [-0.25, -0.2) is 8.78 Å². The van der Waals surface area contributed by atoms with Gasteiger partial charge in [0.15, 0.2) is 0 Å². The van der Waals surface area contributed by atoms with Gasteiger partial charge in [0.2, 0.25) is 0 Å². The molecule has 1 fully saturated rings. The zero-order valence-electron chi connectivity index (χ0n) is 7.00. The molecule has 1 N–H and O–H groups in total. The van der Waals surface area contributed by atoms with Gasteiger partial charge < -0.3 is 5.11 Å². The van der Waals surface area contributed by atoms with Crippen molar-refractivity contribution < 1.29 is 13.9 Å². The Morgan fingerprint density at radius 2 is 1.62 bits per heavy atom. The van der Waals surface area contributed by atoms with Crippen molar-refractivity contribution in [2.24, 2.45) is 0 Å². The highest BCUT2D eigenvalue weighted by Crippen LogP contribution is 2.51. The fourth-order valence-corrected chi connectivity index (χ4v) is 1.76. The predicted molar refractivity (Wildman–Crippen MR) is 44.5 cm³/mol. The van der Waals surface area contributed by atoms with Crippen LogP contribution in [-0.4, -0.2) is 11.0 Å². The number of rotatable bonds is 1. The molecular formula is C10H10F2O. The quantitative estimate of drug-likeness (QED) is 0.710. The van der Waals surface area contributed by atoms with Crippen LogP contribution in [0.1, 0.15) is 18.4 Å². The molecular weight excluding hydrogens is 174 g/mol. The molecule has 0 unspecified atom stereocenters. The zero-order valence-corrected chi connectivity index (χ0v) is 7.00. The predicted octanol–water partition coefficient (Wildman–Crippen LogP) is 2.30. The van der Waals surface area contributed by atoms with Crippen LogP contribution >= 0.6 is 0 Å². The Kier molecular flexibility index (Phi) is 1.67. The Hall–Kier alpha value is -0.960. The van der Waals surface area contributed by atoms with Crippen molar-refractivity contribution in [2.45, 2.75) is 24.4 Å². The van der Waals surface area contributed by atoms with E-state index in [9.17, 15) is 13.9 Å². The standard InChI is InChI=1S/C10H10F2O/c11-10(12)6-9(13,7-10)8-4-2-1-3-5-8/h1-5,13H,6-7H2. The molecule has 0 spiro atoms.